The standard InChI is InChI=1S/C25H15ClF3N3O5S/c26-16-3-2-14(18(9-16)25(27,28)29)11-32-19-5-1-13(7-15(19)10-30-32)8-21-22(33)31(24(36)38-21)12-17-4-6-20(37-17)23(34)35/h1-10H,11-12H2,(H,34,35). The molecule has 0 radical (unpaired) electrons. The molecule has 0 atom stereocenters. The minimum Gasteiger partial charge on any atom is -0.475 e. The molecule has 5 rings (SSSR count). The molecule has 8 nitrogen and oxygen atoms in total. The normalized spacial score (nSPS) is 15.3. The molecule has 38 heavy (non-hydrogen) atoms. The summed E-state index contributed by atoms with van der Waals surface area (Å²) in [5, 5.41) is 13.3. The van der Waals surface area contributed by atoms with Crippen molar-refractivity contribution in [2.75, 3.05) is 0 Å². The van der Waals surface area contributed by atoms with Crippen molar-refractivity contribution in [1.29, 1.82) is 0 Å². The first kappa shape index (κ1) is 25.6. The third-order valence-electron chi connectivity index (χ3n) is 5.72. The fourth-order valence-electron chi connectivity index (χ4n) is 3.95. The van der Waals surface area contributed by atoms with E-state index in [1.807, 2.05) is 0 Å². The molecule has 0 aliphatic carbocycles. The molecule has 0 unspecified atom stereocenters. The maximum Gasteiger partial charge on any atom is 0.416 e. The molecule has 2 aromatic heterocycles. The second-order valence-electron chi connectivity index (χ2n) is 8.26. The average molecular weight is 562 g/mol. The number of hydrogen-bond acceptors (Lipinski definition) is 6. The fraction of sp³-hybridized carbons (Fsp3) is 0.120. The number of thioether (sulfide) groups is 1. The number of fused-ring (bicyclic) bond motifs is 1. The van der Waals surface area contributed by atoms with Gasteiger partial charge >= 0.3 is 12.1 Å². The molecule has 0 spiro atoms. The first-order valence-corrected chi connectivity index (χ1v) is 12.1. The lowest BCUT2D eigenvalue weighted by molar-refractivity contribution is -0.138. The van der Waals surface area contributed by atoms with Crippen LogP contribution in [0.1, 0.15) is 33.0 Å². The van der Waals surface area contributed by atoms with Gasteiger partial charge < -0.3 is 9.52 Å². The van der Waals surface area contributed by atoms with Crippen molar-refractivity contribution >= 4 is 57.5 Å². The molecule has 0 saturated carbocycles. The number of carbonyl (C=O) groups is 3. The van der Waals surface area contributed by atoms with Crippen LogP contribution in [0.5, 0.6) is 0 Å². The Kier molecular flexibility index (Phi) is 6.53. The van der Waals surface area contributed by atoms with Gasteiger partial charge in [-0.05, 0) is 65.4 Å². The Morgan fingerprint density at radius 3 is 2.61 bits per heavy atom. The molecule has 13 heteroatoms. The second kappa shape index (κ2) is 9.69. The number of carboxylic acid groups (broad SMARTS) is 1. The van der Waals surface area contributed by atoms with Gasteiger partial charge in [-0.15, -0.1) is 0 Å². The van der Waals surface area contributed by atoms with Gasteiger partial charge in [-0.3, -0.25) is 19.2 Å². The maximum absolute atomic E-state index is 13.5. The van der Waals surface area contributed by atoms with Crippen molar-refractivity contribution in [2.24, 2.45) is 0 Å². The summed E-state index contributed by atoms with van der Waals surface area (Å²) < 4.78 is 47.0. The fourth-order valence-corrected chi connectivity index (χ4v) is 4.96. The smallest absolute Gasteiger partial charge is 0.416 e. The zero-order valence-corrected chi connectivity index (χ0v) is 20.6. The highest BCUT2D eigenvalue weighted by Gasteiger charge is 2.36. The van der Waals surface area contributed by atoms with Gasteiger partial charge in [0, 0.05) is 10.4 Å². The van der Waals surface area contributed by atoms with E-state index in [9.17, 15) is 27.6 Å². The van der Waals surface area contributed by atoms with E-state index < -0.39 is 28.9 Å². The molecule has 2 aromatic carbocycles. The van der Waals surface area contributed by atoms with Crippen LogP contribution in [-0.4, -0.2) is 36.9 Å². The monoisotopic (exact) mass is 561 g/mol. The van der Waals surface area contributed by atoms with Crippen molar-refractivity contribution in [3.8, 4) is 0 Å². The molecule has 4 aromatic rings. The Hall–Kier alpha value is -4.03. The molecule has 194 valence electrons. The zero-order chi connectivity index (χ0) is 27.2. The van der Waals surface area contributed by atoms with Crippen LogP contribution in [0.2, 0.25) is 5.02 Å². The summed E-state index contributed by atoms with van der Waals surface area (Å²) in [4.78, 5) is 37.3. The molecule has 2 amide bonds. The first-order chi connectivity index (χ1) is 18.0. The van der Waals surface area contributed by atoms with Crippen LogP contribution in [0.4, 0.5) is 18.0 Å². The third kappa shape index (κ3) is 5.04. The molecule has 1 saturated heterocycles. The highest BCUT2D eigenvalue weighted by Crippen LogP contribution is 2.36. The molecular formula is C25H15ClF3N3O5S. The number of hydrogen-bond donors (Lipinski definition) is 1. The number of carbonyl (C=O) groups excluding carboxylic acids is 2. The van der Waals surface area contributed by atoms with Crippen molar-refractivity contribution in [2.45, 2.75) is 19.3 Å². The maximum atomic E-state index is 13.5. The van der Waals surface area contributed by atoms with Crippen molar-refractivity contribution in [3.05, 3.63) is 92.9 Å². The van der Waals surface area contributed by atoms with Gasteiger partial charge in [-0.25, -0.2) is 4.79 Å². The minimum absolute atomic E-state index is 0.0108. The van der Waals surface area contributed by atoms with Gasteiger partial charge in [0.25, 0.3) is 11.1 Å². The second-order valence-corrected chi connectivity index (χ2v) is 9.69. The molecule has 1 aliphatic heterocycles. The van der Waals surface area contributed by atoms with Gasteiger partial charge in [0.15, 0.2) is 0 Å². The number of benzene rings is 2. The van der Waals surface area contributed by atoms with Crippen LogP contribution in [0.25, 0.3) is 17.0 Å². The van der Waals surface area contributed by atoms with Gasteiger partial charge in [0.1, 0.15) is 5.76 Å². The quantitative estimate of drug-likeness (QED) is 0.276. The third-order valence-corrected chi connectivity index (χ3v) is 6.86. The van der Waals surface area contributed by atoms with Crippen molar-refractivity contribution in [3.63, 3.8) is 0 Å². The zero-order valence-electron chi connectivity index (χ0n) is 19.0. The lowest BCUT2D eigenvalue weighted by Gasteiger charge is -2.14. The first-order valence-electron chi connectivity index (χ1n) is 10.9. The van der Waals surface area contributed by atoms with Crippen LogP contribution in [0.15, 0.2) is 64.1 Å². The number of carboxylic acids is 1. The van der Waals surface area contributed by atoms with E-state index in [0.29, 0.717) is 16.5 Å². The Balaban J connectivity index is 1.37. The Labute approximate surface area is 221 Å². The summed E-state index contributed by atoms with van der Waals surface area (Å²) in [7, 11) is 0. The van der Waals surface area contributed by atoms with Crippen LogP contribution in [-0.2, 0) is 24.1 Å². The lowest BCUT2D eigenvalue weighted by atomic mass is 10.1. The van der Waals surface area contributed by atoms with E-state index in [1.165, 1.54) is 41.2 Å². The number of halogens is 4. The lowest BCUT2D eigenvalue weighted by Crippen LogP contribution is -2.27. The average Bonchev–Trinajstić information content (AvgIpc) is 3.55. The Morgan fingerprint density at radius 2 is 1.89 bits per heavy atom. The number of nitrogens with zero attached hydrogens (tertiary/aromatic N) is 3. The minimum atomic E-state index is -4.57. The van der Waals surface area contributed by atoms with E-state index in [1.54, 1.807) is 18.2 Å². The number of aromatic carboxylic acids is 1. The number of aromatic nitrogens is 2. The van der Waals surface area contributed by atoms with Crippen LogP contribution < -0.4 is 0 Å². The molecular weight excluding hydrogens is 547 g/mol. The molecule has 0 bridgehead atoms. The van der Waals surface area contributed by atoms with E-state index in [-0.39, 0.29) is 40.1 Å². The number of amides is 2. The molecule has 1 N–H and O–H groups in total. The SMILES string of the molecule is O=C(O)c1ccc(CN2C(=O)SC(=Cc3ccc4c(cnn4Cc4ccc(Cl)cc4C(F)(F)F)c3)C2=O)o1. The van der Waals surface area contributed by atoms with Gasteiger partial charge in [-0.2, -0.15) is 18.3 Å². The van der Waals surface area contributed by atoms with Gasteiger partial charge in [-0.1, -0.05) is 23.7 Å². The van der Waals surface area contributed by atoms with E-state index in [4.69, 9.17) is 21.1 Å². The highest BCUT2D eigenvalue weighted by molar-refractivity contribution is 8.18. The summed E-state index contributed by atoms with van der Waals surface area (Å²) in [5.41, 5.74) is 0.327. The van der Waals surface area contributed by atoms with E-state index in [0.717, 1.165) is 22.7 Å². The van der Waals surface area contributed by atoms with Crippen molar-refractivity contribution < 1.29 is 37.1 Å². The number of rotatable bonds is 6. The van der Waals surface area contributed by atoms with Gasteiger partial charge in [0.05, 0.1) is 35.3 Å². The molecule has 1 fully saturated rings. The number of alkyl halides is 3. The van der Waals surface area contributed by atoms with Crippen LogP contribution in [0.3, 0.4) is 0 Å². The summed E-state index contributed by atoms with van der Waals surface area (Å²) >= 11 is 6.49. The summed E-state index contributed by atoms with van der Waals surface area (Å²) in [6.45, 7) is -0.351. The summed E-state index contributed by atoms with van der Waals surface area (Å²) in [6.07, 6.45) is -1.55. The Bertz CT molecular complexity index is 1640. The largest absolute Gasteiger partial charge is 0.475 e. The number of imide groups is 1. The Morgan fingerprint density at radius 1 is 1.11 bits per heavy atom. The van der Waals surface area contributed by atoms with Crippen LogP contribution in [0, 0.1) is 0 Å². The van der Waals surface area contributed by atoms with E-state index in [2.05, 4.69) is 5.10 Å². The van der Waals surface area contributed by atoms with Crippen LogP contribution >= 0.6 is 23.4 Å². The summed E-state index contributed by atoms with van der Waals surface area (Å²) in [6, 6.07) is 11.2. The van der Waals surface area contributed by atoms with Crippen molar-refractivity contribution in [1.82, 2.24) is 14.7 Å². The topological polar surface area (TPSA) is 106 Å². The summed E-state index contributed by atoms with van der Waals surface area (Å²) in [5.74, 6) is -1.99. The molecule has 1 aliphatic rings. The molecule has 3 heterocycles. The highest BCUT2D eigenvalue weighted by atomic mass is 35.5. The van der Waals surface area contributed by atoms with Gasteiger partial charge in [0.2, 0.25) is 5.76 Å². The van der Waals surface area contributed by atoms with E-state index >= 15 is 0 Å². The predicted molar refractivity (Wildman–Crippen MR) is 132 cm³/mol. The predicted octanol–water partition coefficient (Wildman–Crippen LogP) is 6.28. The number of furan rings is 1.